The van der Waals surface area contributed by atoms with Crippen LogP contribution in [0.15, 0.2) is 12.1 Å². The minimum atomic E-state index is -0.477. The third-order valence-electron chi connectivity index (χ3n) is 3.67. The molecule has 0 radical (unpaired) electrons. The van der Waals surface area contributed by atoms with Gasteiger partial charge < -0.3 is 10.1 Å². The Morgan fingerprint density at radius 1 is 1.35 bits per heavy atom. The van der Waals surface area contributed by atoms with Crippen molar-refractivity contribution in [3.63, 3.8) is 0 Å². The van der Waals surface area contributed by atoms with Gasteiger partial charge in [-0.25, -0.2) is 4.98 Å². The molecule has 26 heavy (non-hydrogen) atoms. The molecule has 6 nitrogen and oxygen atoms in total. The van der Waals surface area contributed by atoms with Gasteiger partial charge in [0.05, 0.1) is 17.6 Å². The lowest BCUT2D eigenvalue weighted by Gasteiger charge is -2.26. The average Bonchev–Trinajstić information content (AvgIpc) is 2.61. The van der Waals surface area contributed by atoms with Gasteiger partial charge >= 0.3 is 5.69 Å². The van der Waals surface area contributed by atoms with Gasteiger partial charge in [0.25, 0.3) is 0 Å². The van der Waals surface area contributed by atoms with E-state index in [0.29, 0.717) is 25.2 Å². The van der Waals surface area contributed by atoms with Gasteiger partial charge in [0.2, 0.25) is 5.82 Å². The summed E-state index contributed by atoms with van der Waals surface area (Å²) >= 11 is 5.77. The number of anilines is 1. The third kappa shape index (κ3) is 9.92. The average molecular weight is 388 g/mol. The minimum Gasteiger partial charge on any atom is -0.376 e. The standard InChI is InChI=1S/C14H20ClN3O3.C3H8.C2H6/c1-10-3-2-4-11(9-10)21-8-7-16-14-12(18(19)20)5-6-13(15)17-14;1-3-2;1-2/h5-6,10-11H,2-4,7-9H2,1H3,(H,16,17);3H2,1-2H3;1-2H3. The highest BCUT2D eigenvalue weighted by Gasteiger charge is 2.19. The van der Waals surface area contributed by atoms with E-state index in [0.717, 1.165) is 12.8 Å². The van der Waals surface area contributed by atoms with Crippen LogP contribution in [0.1, 0.15) is 66.7 Å². The van der Waals surface area contributed by atoms with Crippen molar-refractivity contribution >= 4 is 23.1 Å². The van der Waals surface area contributed by atoms with Gasteiger partial charge in [0.1, 0.15) is 5.15 Å². The molecule has 1 N–H and O–H groups in total. The van der Waals surface area contributed by atoms with E-state index in [4.69, 9.17) is 16.3 Å². The predicted octanol–water partition coefficient (Wildman–Crippen LogP) is 6.09. The lowest BCUT2D eigenvalue weighted by atomic mass is 9.89. The van der Waals surface area contributed by atoms with Crippen molar-refractivity contribution in [3.8, 4) is 0 Å². The van der Waals surface area contributed by atoms with Crippen LogP contribution in [0.4, 0.5) is 11.5 Å². The Morgan fingerprint density at radius 2 is 2.00 bits per heavy atom. The zero-order valence-corrected chi connectivity index (χ0v) is 17.5. The van der Waals surface area contributed by atoms with Crippen molar-refractivity contribution < 1.29 is 9.66 Å². The van der Waals surface area contributed by atoms with E-state index >= 15 is 0 Å². The van der Waals surface area contributed by atoms with E-state index in [1.165, 1.54) is 31.4 Å². The Labute approximate surface area is 162 Å². The van der Waals surface area contributed by atoms with Crippen molar-refractivity contribution in [2.24, 2.45) is 5.92 Å². The fraction of sp³-hybridized carbons (Fsp3) is 0.737. The van der Waals surface area contributed by atoms with Gasteiger partial charge in [0.15, 0.2) is 0 Å². The summed E-state index contributed by atoms with van der Waals surface area (Å²) in [6.07, 6.45) is 6.23. The van der Waals surface area contributed by atoms with Gasteiger partial charge in [-0.15, -0.1) is 0 Å². The lowest BCUT2D eigenvalue weighted by Crippen LogP contribution is -2.24. The molecule has 1 aliphatic carbocycles. The van der Waals surface area contributed by atoms with Crippen LogP contribution in [0, 0.1) is 16.0 Å². The molecule has 2 rings (SSSR count). The monoisotopic (exact) mass is 387 g/mol. The Balaban J connectivity index is 0.00000113. The maximum atomic E-state index is 10.9. The largest absolute Gasteiger partial charge is 0.376 e. The summed E-state index contributed by atoms with van der Waals surface area (Å²) in [6.45, 7) is 11.5. The van der Waals surface area contributed by atoms with Gasteiger partial charge in [-0.3, -0.25) is 10.1 Å². The molecular weight excluding hydrogens is 354 g/mol. The van der Waals surface area contributed by atoms with E-state index < -0.39 is 4.92 Å². The van der Waals surface area contributed by atoms with Crippen molar-refractivity contribution in [3.05, 3.63) is 27.4 Å². The molecule has 0 aromatic carbocycles. The van der Waals surface area contributed by atoms with Crippen LogP contribution < -0.4 is 5.32 Å². The number of aromatic nitrogens is 1. The molecule has 0 saturated heterocycles. The number of nitrogens with one attached hydrogen (secondary N) is 1. The molecule has 0 spiro atoms. The van der Waals surface area contributed by atoms with Gasteiger partial charge in [-0.05, 0) is 24.8 Å². The maximum Gasteiger partial charge on any atom is 0.311 e. The molecule has 150 valence electrons. The molecule has 1 saturated carbocycles. The topological polar surface area (TPSA) is 77.3 Å². The summed E-state index contributed by atoms with van der Waals surface area (Å²) in [7, 11) is 0. The van der Waals surface area contributed by atoms with Crippen LogP contribution in [-0.4, -0.2) is 29.2 Å². The number of pyridine rings is 1. The highest BCUT2D eigenvalue weighted by atomic mass is 35.5. The SMILES string of the molecule is CC.CC1CCCC(OCCNc2nc(Cl)ccc2[N+](=O)[O-])C1.CCC. The van der Waals surface area contributed by atoms with Crippen LogP contribution in [0.25, 0.3) is 0 Å². The Morgan fingerprint density at radius 3 is 2.58 bits per heavy atom. The number of hydrogen-bond acceptors (Lipinski definition) is 5. The van der Waals surface area contributed by atoms with Crippen molar-refractivity contribution in [2.75, 3.05) is 18.5 Å². The van der Waals surface area contributed by atoms with Gasteiger partial charge in [0, 0.05) is 12.6 Å². The first kappa shape index (κ1) is 24.6. The van der Waals surface area contributed by atoms with E-state index in [2.05, 4.69) is 31.1 Å². The second-order valence-electron chi connectivity index (χ2n) is 6.16. The van der Waals surface area contributed by atoms with Crippen molar-refractivity contribution in [1.82, 2.24) is 4.98 Å². The number of nitro groups is 1. The fourth-order valence-electron chi connectivity index (χ4n) is 2.63. The molecule has 2 atom stereocenters. The lowest BCUT2D eigenvalue weighted by molar-refractivity contribution is -0.384. The Kier molecular flexibility index (Phi) is 13.9. The first-order chi connectivity index (χ1) is 12.5. The Hall–Kier alpha value is -1.40. The number of halogens is 1. The van der Waals surface area contributed by atoms with E-state index in [1.54, 1.807) is 0 Å². The first-order valence-electron chi connectivity index (χ1n) is 9.64. The fourth-order valence-corrected chi connectivity index (χ4v) is 2.78. The van der Waals surface area contributed by atoms with Crippen LogP contribution in [0.5, 0.6) is 0 Å². The maximum absolute atomic E-state index is 10.9. The van der Waals surface area contributed by atoms with Crippen LogP contribution in [0.3, 0.4) is 0 Å². The first-order valence-corrected chi connectivity index (χ1v) is 10.0. The zero-order valence-electron chi connectivity index (χ0n) is 16.8. The summed E-state index contributed by atoms with van der Waals surface area (Å²) in [5.41, 5.74) is -0.0781. The van der Waals surface area contributed by atoms with E-state index in [1.807, 2.05) is 13.8 Å². The quantitative estimate of drug-likeness (QED) is 0.276. The summed E-state index contributed by atoms with van der Waals surface area (Å²) in [5, 5.41) is 14.1. The smallest absolute Gasteiger partial charge is 0.311 e. The molecule has 1 aromatic heterocycles. The summed E-state index contributed by atoms with van der Waals surface area (Å²) in [4.78, 5) is 14.4. The molecule has 2 unspecified atom stereocenters. The minimum absolute atomic E-state index is 0.0781. The Bertz CT molecular complexity index is 515. The molecule has 0 aliphatic heterocycles. The molecule has 0 amide bonds. The second kappa shape index (κ2) is 14.7. The molecular formula is C19H34ClN3O3. The number of nitrogens with zero attached hydrogens (tertiary/aromatic N) is 2. The van der Waals surface area contributed by atoms with Crippen LogP contribution in [-0.2, 0) is 4.74 Å². The van der Waals surface area contributed by atoms with Crippen molar-refractivity contribution in [1.29, 1.82) is 0 Å². The van der Waals surface area contributed by atoms with Crippen LogP contribution >= 0.6 is 11.6 Å². The summed E-state index contributed by atoms with van der Waals surface area (Å²) in [5.74, 6) is 0.903. The van der Waals surface area contributed by atoms with Crippen molar-refractivity contribution in [2.45, 2.75) is 72.8 Å². The normalized spacial score (nSPS) is 18.7. The number of hydrogen-bond donors (Lipinski definition) is 1. The highest BCUT2D eigenvalue weighted by molar-refractivity contribution is 6.29. The van der Waals surface area contributed by atoms with Crippen LogP contribution in [0.2, 0.25) is 5.15 Å². The predicted molar refractivity (Wildman–Crippen MR) is 109 cm³/mol. The molecule has 1 fully saturated rings. The summed E-state index contributed by atoms with van der Waals surface area (Å²) in [6, 6.07) is 2.76. The third-order valence-corrected chi connectivity index (χ3v) is 3.88. The molecule has 1 aromatic rings. The van der Waals surface area contributed by atoms with E-state index in [9.17, 15) is 10.1 Å². The molecule has 0 bridgehead atoms. The zero-order chi connectivity index (χ0) is 19.9. The molecule has 7 heteroatoms. The van der Waals surface area contributed by atoms with Gasteiger partial charge in [-0.1, -0.05) is 65.5 Å². The number of ether oxygens (including phenoxy) is 1. The molecule has 1 heterocycles. The second-order valence-corrected chi connectivity index (χ2v) is 6.54. The van der Waals surface area contributed by atoms with Gasteiger partial charge in [-0.2, -0.15) is 0 Å². The molecule has 1 aliphatic rings. The summed E-state index contributed by atoms with van der Waals surface area (Å²) < 4.78 is 5.81. The number of rotatable bonds is 6. The highest BCUT2D eigenvalue weighted by Crippen LogP contribution is 2.26. The van der Waals surface area contributed by atoms with E-state index in [-0.39, 0.29) is 16.7 Å².